The third-order valence-corrected chi connectivity index (χ3v) is 7.92. The Morgan fingerprint density at radius 1 is 0.950 bits per heavy atom. The van der Waals surface area contributed by atoms with E-state index < -0.39 is 0 Å². The highest BCUT2D eigenvalue weighted by atomic mass is 79.9. The van der Waals surface area contributed by atoms with Crippen LogP contribution in [0.15, 0.2) is 116 Å². The number of rotatable bonds is 7. The lowest BCUT2D eigenvalue weighted by Gasteiger charge is -2.15. The van der Waals surface area contributed by atoms with Crippen LogP contribution in [0.1, 0.15) is 11.1 Å². The first kappa shape index (κ1) is 27.9. The summed E-state index contributed by atoms with van der Waals surface area (Å²) >= 11 is 8.42. The molecule has 1 N–H and O–H groups in total. The van der Waals surface area contributed by atoms with Gasteiger partial charge in [-0.1, -0.05) is 48.5 Å². The van der Waals surface area contributed by atoms with Gasteiger partial charge in [-0.15, -0.1) is 0 Å². The van der Waals surface area contributed by atoms with Crippen LogP contribution in [0.25, 0.3) is 6.08 Å². The predicted molar refractivity (Wildman–Crippen MR) is 170 cm³/mol. The van der Waals surface area contributed by atoms with Crippen LogP contribution in [0, 0.1) is 6.92 Å². The average Bonchev–Trinajstić information content (AvgIpc) is 3.23. The van der Waals surface area contributed by atoms with E-state index in [0.29, 0.717) is 30.5 Å². The van der Waals surface area contributed by atoms with Gasteiger partial charge in [-0.05, 0) is 116 Å². The van der Waals surface area contributed by atoms with Crippen molar-refractivity contribution >= 4 is 83.7 Å². The first-order valence-electron chi connectivity index (χ1n) is 12.3. The SMILES string of the molecule is Cc1cccc(NC(=O)COc2c(Br)cc(/C=C3\SC(=Nc4ccccc4)N(c4ccccc4)C3=O)cc2Br)c1. The second-order valence-corrected chi connectivity index (χ2v) is 11.6. The number of amidine groups is 1. The van der Waals surface area contributed by atoms with Crippen LogP contribution >= 0.6 is 43.6 Å². The van der Waals surface area contributed by atoms with Gasteiger partial charge in [-0.3, -0.25) is 14.5 Å². The number of benzene rings is 4. The maximum atomic E-state index is 13.6. The molecule has 0 saturated carbocycles. The van der Waals surface area contributed by atoms with E-state index in [9.17, 15) is 9.59 Å². The molecule has 6 nitrogen and oxygen atoms in total. The number of thioether (sulfide) groups is 1. The molecule has 0 bridgehead atoms. The molecule has 1 heterocycles. The fourth-order valence-corrected chi connectivity index (χ4v) is 6.43. The molecule has 40 heavy (non-hydrogen) atoms. The fraction of sp³-hybridized carbons (Fsp3) is 0.0645. The molecule has 0 unspecified atom stereocenters. The lowest BCUT2D eigenvalue weighted by molar-refractivity contribution is -0.118. The van der Waals surface area contributed by atoms with Crippen molar-refractivity contribution in [2.45, 2.75) is 6.92 Å². The Balaban J connectivity index is 1.36. The molecule has 0 aliphatic carbocycles. The largest absolute Gasteiger partial charge is 0.481 e. The third kappa shape index (κ3) is 6.72. The minimum Gasteiger partial charge on any atom is -0.481 e. The predicted octanol–water partition coefficient (Wildman–Crippen LogP) is 8.35. The number of nitrogens with zero attached hydrogens (tertiary/aromatic N) is 2. The van der Waals surface area contributed by atoms with Gasteiger partial charge < -0.3 is 10.1 Å². The summed E-state index contributed by atoms with van der Waals surface area (Å²) in [6.07, 6.45) is 1.82. The highest BCUT2D eigenvalue weighted by Crippen LogP contribution is 2.40. The van der Waals surface area contributed by atoms with Gasteiger partial charge in [-0.2, -0.15) is 0 Å². The lowest BCUT2D eigenvalue weighted by atomic mass is 10.2. The molecule has 0 aromatic heterocycles. The Morgan fingerprint density at radius 3 is 2.30 bits per heavy atom. The number of hydrogen-bond donors (Lipinski definition) is 1. The summed E-state index contributed by atoms with van der Waals surface area (Å²) in [5.41, 5.74) is 4.05. The quantitative estimate of drug-likeness (QED) is 0.200. The minimum absolute atomic E-state index is 0.161. The molecule has 1 aliphatic rings. The van der Waals surface area contributed by atoms with Gasteiger partial charge in [0.05, 0.1) is 25.2 Å². The number of aryl methyl sites for hydroxylation is 1. The van der Waals surface area contributed by atoms with Crippen molar-refractivity contribution in [2.75, 3.05) is 16.8 Å². The second kappa shape index (κ2) is 12.7. The molecule has 1 fully saturated rings. The molecule has 2 amide bonds. The van der Waals surface area contributed by atoms with Crippen molar-refractivity contribution in [1.82, 2.24) is 0 Å². The molecular formula is C31H23Br2N3O3S. The molecule has 0 spiro atoms. The maximum absolute atomic E-state index is 13.6. The van der Waals surface area contributed by atoms with Crippen molar-refractivity contribution in [3.05, 3.63) is 122 Å². The number of anilines is 2. The minimum atomic E-state index is -0.269. The summed E-state index contributed by atoms with van der Waals surface area (Å²) < 4.78 is 7.10. The summed E-state index contributed by atoms with van der Waals surface area (Å²) in [6, 6.07) is 30.3. The number of amides is 2. The number of para-hydroxylation sites is 2. The van der Waals surface area contributed by atoms with E-state index in [1.54, 1.807) is 4.90 Å². The van der Waals surface area contributed by atoms with Gasteiger partial charge in [0.15, 0.2) is 11.8 Å². The van der Waals surface area contributed by atoms with Gasteiger partial charge in [0.2, 0.25) is 0 Å². The van der Waals surface area contributed by atoms with Crippen LogP contribution in [0.5, 0.6) is 5.75 Å². The molecule has 1 saturated heterocycles. The van der Waals surface area contributed by atoms with Crippen LogP contribution < -0.4 is 15.0 Å². The van der Waals surface area contributed by atoms with Crippen molar-refractivity contribution < 1.29 is 14.3 Å². The second-order valence-electron chi connectivity index (χ2n) is 8.84. The monoisotopic (exact) mass is 675 g/mol. The molecule has 4 aromatic rings. The van der Waals surface area contributed by atoms with E-state index in [1.165, 1.54) is 11.8 Å². The van der Waals surface area contributed by atoms with Crippen molar-refractivity contribution in [1.29, 1.82) is 0 Å². The summed E-state index contributed by atoms with van der Waals surface area (Å²) in [7, 11) is 0. The summed E-state index contributed by atoms with van der Waals surface area (Å²) in [4.78, 5) is 32.9. The Bertz CT molecular complexity index is 1600. The normalized spacial score (nSPS) is 15.1. The fourth-order valence-electron chi connectivity index (χ4n) is 3.98. The molecule has 0 radical (unpaired) electrons. The van der Waals surface area contributed by atoms with Crippen LogP contribution in [-0.2, 0) is 9.59 Å². The van der Waals surface area contributed by atoms with Crippen LogP contribution in [-0.4, -0.2) is 23.6 Å². The zero-order chi connectivity index (χ0) is 28.1. The highest BCUT2D eigenvalue weighted by Gasteiger charge is 2.34. The summed E-state index contributed by atoms with van der Waals surface area (Å²) in [6.45, 7) is 1.80. The third-order valence-electron chi connectivity index (χ3n) is 5.77. The molecule has 200 valence electrons. The summed E-state index contributed by atoms with van der Waals surface area (Å²) in [5.74, 6) is 0.0604. The van der Waals surface area contributed by atoms with E-state index in [0.717, 1.165) is 22.5 Å². The first-order chi connectivity index (χ1) is 19.4. The number of nitrogens with one attached hydrogen (secondary N) is 1. The molecule has 5 rings (SSSR count). The van der Waals surface area contributed by atoms with Crippen LogP contribution in [0.2, 0.25) is 0 Å². The topological polar surface area (TPSA) is 71.0 Å². The molecular weight excluding hydrogens is 654 g/mol. The Hall–Kier alpha value is -3.66. The van der Waals surface area contributed by atoms with Crippen molar-refractivity contribution in [3.8, 4) is 5.75 Å². The highest BCUT2D eigenvalue weighted by molar-refractivity contribution is 9.11. The Kier molecular flexibility index (Phi) is 8.84. The van der Waals surface area contributed by atoms with Crippen molar-refractivity contribution in [3.63, 3.8) is 0 Å². The number of carbonyl (C=O) groups excluding carboxylic acids is 2. The van der Waals surface area contributed by atoms with Gasteiger partial charge in [0.1, 0.15) is 5.75 Å². The number of halogens is 2. The average molecular weight is 677 g/mol. The van der Waals surface area contributed by atoms with E-state index >= 15 is 0 Å². The van der Waals surface area contributed by atoms with Gasteiger partial charge >= 0.3 is 0 Å². The number of ether oxygens (including phenoxy) is 1. The van der Waals surface area contributed by atoms with Gasteiger partial charge in [0.25, 0.3) is 11.8 Å². The maximum Gasteiger partial charge on any atom is 0.271 e. The van der Waals surface area contributed by atoms with Gasteiger partial charge in [-0.25, -0.2) is 4.99 Å². The lowest BCUT2D eigenvalue weighted by Crippen LogP contribution is -2.28. The smallest absolute Gasteiger partial charge is 0.271 e. The van der Waals surface area contributed by atoms with E-state index in [-0.39, 0.29) is 18.4 Å². The Morgan fingerprint density at radius 2 is 1.62 bits per heavy atom. The number of carbonyl (C=O) groups is 2. The van der Waals surface area contributed by atoms with Crippen LogP contribution in [0.3, 0.4) is 0 Å². The number of aliphatic imine (C=N–C) groups is 1. The first-order valence-corrected chi connectivity index (χ1v) is 14.7. The number of hydrogen-bond acceptors (Lipinski definition) is 5. The Labute approximate surface area is 253 Å². The molecule has 9 heteroatoms. The van der Waals surface area contributed by atoms with Gasteiger partial charge in [0, 0.05) is 5.69 Å². The zero-order valence-electron chi connectivity index (χ0n) is 21.3. The van der Waals surface area contributed by atoms with E-state index in [2.05, 4.69) is 37.2 Å². The van der Waals surface area contributed by atoms with Crippen molar-refractivity contribution in [2.24, 2.45) is 4.99 Å². The van der Waals surface area contributed by atoms with Crippen LogP contribution in [0.4, 0.5) is 17.1 Å². The van der Waals surface area contributed by atoms with E-state index in [4.69, 9.17) is 9.73 Å². The zero-order valence-corrected chi connectivity index (χ0v) is 25.3. The van der Waals surface area contributed by atoms with E-state index in [1.807, 2.05) is 110 Å². The molecule has 0 atom stereocenters. The summed E-state index contributed by atoms with van der Waals surface area (Å²) in [5, 5.41) is 3.41. The molecule has 4 aromatic carbocycles. The standard InChI is InChI=1S/C31H23Br2N3O3S/c1-20-9-8-12-23(15-20)34-28(37)19-39-29-25(32)16-21(17-26(29)33)18-27-30(38)36(24-13-6-3-7-14-24)31(40-27)35-22-10-4-2-5-11-22/h2-18H,19H2,1H3,(H,34,37)/b27-18-,35-31?. The molecule has 1 aliphatic heterocycles.